The van der Waals surface area contributed by atoms with Crippen molar-refractivity contribution in [3.8, 4) is 5.75 Å². The van der Waals surface area contributed by atoms with Crippen LogP contribution in [0.1, 0.15) is 44.0 Å². The van der Waals surface area contributed by atoms with E-state index in [4.69, 9.17) is 10.5 Å². The number of nitrogen functional groups attached to an aromatic ring is 1. The van der Waals surface area contributed by atoms with Crippen molar-refractivity contribution in [2.45, 2.75) is 52.2 Å². The van der Waals surface area contributed by atoms with Crippen LogP contribution in [0.25, 0.3) is 0 Å². The highest BCUT2D eigenvalue weighted by Gasteiger charge is 2.14. The van der Waals surface area contributed by atoms with Gasteiger partial charge in [0.1, 0.15) is 12.3 Å². The average Bonchev–Trinajstić information content (AvgIpc) is 2.90. The second kappa shape index (κ2) is 10.9. The van der Waals surface area contributed by atoms with E-state index >= 15 is 0 Å². The number of nitrogens with one attached hydrogen (secondary N) is 1. The van der Waals surface area contributed by atoms with Crippen molar-refractivity contribution in [2.75, 3.05) is 17.7 Å². The number of ether oxygens (including phenoxy) is 1. The Labute approximate surface area is 161 Å². The van der Waals surface area contributed by atoms with Crippen molar-refractivity contribution in [1.82, 2.24) is 19.7 Å². The van der Waals surface area contributed by atoms with Gasteiger partial charge in [-0.2, -0.15) is 23.6 Å². The molecule has 2 aromatic heterocycles. The lowest BCUT2D eigenvalue weighted by Gasteiger charge is -2.20. The van der Waals surface area contributed by atoms with Gasteiger partial charge in [0.05, 0.1) is 6.20 Å². The summed E-state index contributed by atoms with van der Waals surface area (Å²) in [7, 11) is 1.89. The molecule has 8 nitrogen and oxygen atoms in total. The maximum Gasteiger partial charge on any atom is 0.222 e. The SMILES string of the molecule is CCCC[C@@H](CCO)Nc1nc(N)ncc1OCc1cc(C)n(C)n1.S. The lowest BCUT2D eigenvalue weighted by molar-refractivity contribution is 0.275. The molecule has 2 aromatic rings. The first-order valence-corrected chi connectivity index (χ1v) is 8.65. The van der Waals surface area contributed by atoms with Gasteiger partial charge in [-0.15, -0.1) is 0 Å². The highest BCUT2D eigenvalue weighted by atomic mass is 32.1. The van der Waals surface area contributed by atoms with Gasteiger partial charge in [-0.05, 0) is 25.8 Å². The Hall–Kier alpha value is -2.00. The molecule has 0 unspecified atom stereocenters. The third kappa shape index (κ3) is 6.38. The smallest absolute Gasteiger partial charge is 0.222 e. The number of nitrogens with zero attached hydrogens (tertiary/aromatic N) is 4. The lowest BCUT2D eigenvalue weighted by Crippen LogP contribution is -2.22. The van der Waals surface area contributed by atoms with Crippen LogP contribution in [0.15, 0.2) is 12.3 Å². The van der Waals surface area contributed by atoms with E-state index in [1.165, 1.54) is 0 Å². The van der Waals surface area contributed by atoms with Crippen molar-refractivity contribution in [2.24, 2.45) is 7.05 Å². The lowest BCUT2D eigenvalue weighted by atomic mass is 10.1. The van der Waals surface area contributed by atoms with Crippen molar-refractivity contribution >= 4 is 25.3 Å². The third-order valence-corrected chi connectivity index (χ3v) is 4.04. The van der Waals surface area contributed by atoms with E-state index in [9.17, 15) is 5.11 Å². The summed E-state index contributed by atoms with van der Waals surface area (Å²) < 4.78 is 7.65. The molecule has 2 rings (SSSR count). The van der Waals surface area contributed by atoms with E-state index in [0.29, 0.717) is 24.6 Å². The molecule has 26 heavy (non-hydrogen) atoms. The largest absolute Gasteiger partial charge is 0.482 e. The quantitative estimate of drug-likeness (QED) is 0.577. The fourth-order valence-corrected chi connectivity index (χ4v) is 2.54. The second-order valence-electron chi connectivity index (χ2n) is 6.13. The first-order chi connectivity index (χ1) is 12.0. The van der Waals surface area contributed by atoms with Crippen molar-refractivity contribution < 1.29 is 9.84 Å². The number of nitrogens with two attached hydrogens (primary N) is 1. The predicted molar refractivity (Wildman–Crippen MR) is 108 cm³/mol. The van der Waals surface area contributed by atoms with Crippen LogP contribution in [0.5, 0.6) is 5.75 Å². The number of aryl methyl sites for hydroxylation is 2. The third-order valence-electron chi connectivity index (χ3n) is 4.04. The Kier molecular flexibility index (Phi) is 9.22. The second-order valence-corrected chi connectivity index (χ2v) is 6.13. The standard InChI is InChI=1S/C17H28N6O2.H2S/c1-4-5-6-13(7-8-24)20-16-15(10-19-17(18)21-16)25-11-14-9-12(2)23(3)22-14;/h9-10,13,24H,4-8,11H2,1-3H3,(H3,18,19,20,21);1H2/t13-;/m0./s1. The fourth-order valence-electron chi connectivity index (χ4n) is 2.54. The molecule has 4 N–H and O–H groups in total. The number of unbranched alkanes of at least 4 members (excludes halogenated alkanes) is 1. The molecular formula is C17H30N6O2S. The van der Waals surface area contributed by atoms with Gasteiger partial charge in [0.15, 0.2) is 11.6 Å². The molecule has 0 bridgehead atoms. The number of hydrogen-bond acceptors (Lipinski definition) is 7. The van der Waals surface area contributed by atoms with Gasteiger partial charge in [0.25, 0.3) is 0 Å². The number of aromatic nitrogens is 4. The number of rotatable bonds is 10. The molecule has 2 heterocycles. The molecule has 0 aliphatic rings. The first kappa shape index (κ1) is 22.0. The molecule has 1 atom stereocenters. The highest BCUT2D eigenvalue weighted by Crippen LogP contribution is 2.25. The maximum absolute atomic E-state index is 9.28. The van der Waals surface area contributed by atoms with E-state index in [0.717, 1.165) is 30.7 Å². The fraction of sp³-hybridized carbons (Fsp3) is 0.588. The summed E-state index contributed by atoms with van der Waals surface area (Å²) in [5.74, 6) is 1.26. The van der Waals surface area contributed by atoms with Gasteiger partial charge in [0, 0.05) is 25.4 Å². The van der Waals surface area contributed by atoms with E-state index in [-0.39, 0.29) is 32.1 Å². The molecular weight excluding hydrogens is 352 g/mol. The molecule has 0 aromatic carbocycles. The Morgan fingerprint density at radius 3 is 2.77 bits per heavy atom. The van der Waals surface area contributed by atoms with Gasteiger partial charge in [-0.1, -0.05) is 19.8 Å². The minimum Gasteiger partial charge on any atom is -0.482 e. The zero-order valence-electron chi connectivity index (χ0n) is 15.7. The molecule has 0 radical (unpaired) electrons. The molecule has 146 valence electrons. The minimum absolute atomic E-state index is 0. The van der Waals surface area contributed by atoms with E-state index in [2.05, 4.69) is 27.3 Å². The number of aliphatic hydroxyl groups is 1. The van der Waals surface area contributed by atoms with Crippen LogP contribution in [-0.4, -0.2) is 37.5 Å². The molecule has 0 amide bonds. The van der Waals surface area contributed by atoms with E-state index in [1.54, 1.807) is 10.9 Å². The van der Waals surface area contributed by atoms with Crippen LogP contribution in [0, 0.1) is 6.92 Å². The van der Waals surface area contributed by atoms with Crippen LogP contribution in [0.2, 0.25) is 0 Å². The maximum atomic E-state index is 9.28. The molecule has 0 aliphatic heterocycles. The normalized spacial score (nSPS) is 11.7. The van der Waals surface area contributed by atoms with E-state index in [1.807, 2.05) is 20.0 Å². The minimum atomic E-state index is 0. The van der Waals surface area contributed by atoms with Crippen LogP contribution in [0.3, 0.4) is 0 Å². The van der Waals surface area contributed by atoms with Crippen molar-refractivity contribution in [3.05, 3.63) is 23.7 Å². The predicted octanol–water partition coefficient (Wildman–Crippen LogP) is 2.15. The summed E-state index contributed by atoms with van der Waals surface area (Å²) in [6.45, 7) is 4.57. The number of aliphatic hydroxyl groups excluding tert-OH is 1. The zero-order valence-corrected chi connectivity index (χ0v) is 16.7. The summed E-state index contributed by atoms with van der Waals surface area (Å²) in [5.41, 5.74) is 7.62. The Bertz CT molecular complexity index is 660. The Morgan fingerprint density at radius 2 is 2.15 bits per heavy atom. The van der Waals surface area contributed by atoms with Gasteiger partial charge < -0.3 is 20.9 Å². The van der Waals surface area contributed by atoms with Crippen LogP contribution >= 0.6 is 13.5 Å². The van der Waals surface area contributed by atoms with Crippen LogP contribution in [-0.2, 0) is 13.7 Å². The monoisotopic (exact) mass is 382 g/mol. The summed E-state index contributed by atoms with van der Waals surface area (Å²) in [5, 5.41) is 17.0. The van der Waals surface area contributed by atoms with Crippen molar-refractivity contribution in [3.63, 3.8) is 0 Å². The van der Waals surface area contributed by atoms with E-state index < -0.39 is 0 Å². The first-order valence-electron chi connectivity index (χ1n) is 8.65. The van der Waals surface area contributed by atoms with Crippen LogP contribution < -0.4 is 15.8 Å². The molecule has 0 aliphatic carbocycles. The Morgan fingerprint density at radius 1 is 1.38 bits per heavy atom. The van der Waals surface area contributed by atoms with Gasteiger partial charge in [-0.3, -0.25) is 4.68 Å². The van der Waals surface area contributed by atoms with Crippen LogP contribution in [0.4, 0.5) is 11.8 Å². The van der Waals surface area contributed by atoms with Crippen molar-refractivity contribution in [1.29, 1.82) is 0 Å². The average molecular weight is 383 g/mol. The van der Waals surface area contributed by atoms with Gasteiger partial charge in [-0.25, -0.2) is 4.98 Å². The molecule has 0 spiro atoms. The van der Waals surface area contributed by atoms with Gasteiger partial charge >= 0.3 is 0 Å². The summed E-state index contributed by atoms with van der Waals surface area (Å²) in [6.07, 6.45) is 5.32. The highest BCUT2D eigenvalue weighted by molar-refractivity contribution is 7.59. The molecule has 9 heteroatoms. The van der Waals surface area contributed by atoms with Gasteiger partial charge in [0.2, 0.25) is 5.95 Å². The Balaban J connectivity index is 0.00000338. The zero-order chi connectivity index (χ0) is 18.2. The molecule has 0 fully saturated rings. The summed E-state index contributed by atoms with van der Waals surface area (Å²) >= 11 is 0. The molecule has 0 saturated carbocycles. The summed E-state index contributed by atoms with van der Waals surface area (Å²) in [6, 6.07) is 2.08. The number of hydrogen-bond donors (Lipinski definition) is 3. The topological polar surface area (TPSA) is 111 Å². The number of anilines is 2. The molecule has 0 saturated heterocycles. The summed E-state index contributed by atoms with van der Waals surface area (Å²) in [4.78, 5) is 8.28.